The van der Waals surface area contributed by atoms with E-state index in [9.17, 15) is 0 Å². The number of methoxy groups -OCH3 is 1. The molecule has 7 heteroatoms. The number of benzene rings is 1. The highest BCUT2D eigenvalue weighted by Crippen LogP contribution is 2.12. The lowest BCUT2D eigenvalue weighted by Crippen LogP contribution is -2.52. The van der Waals surface area contributed by atoms with E-state index in [-0.39, 0.29) is 0 Å². The van der Waals surface area contributed by atoms with Crippen molar-refractivity contribution >= 4 is 11.9 Å². The maximum absolute atomic E-state index is 5.29. The fourth-order valence-corrected chi connectivity index (χ4v) is 3.11. The van der Waals surface area contributed by atoms with Crippen molar-refractivity contribution in [1.29, 1.82) is 0 Å². The molecule has 3 rings (SSSR count). The van der Waals surface area contributed by atoms with Gasteiger partial charge >= 0.3 is 0 Å². The third-order valence-electron chi connectivity index (χ3n) is 4.48. The van der Waals surface area contributed by atoms with Gasteiger partial charge in [0.1, 0.15) is 0 Å². The monoisotopic (exact) mass is 354 g/mol. The first-order chi connectivity index (χ1) is 12.8. The number of piperazine rings is 1. The van der Waals surface area contributed by atoms with Crippen LogP contribution in [0.4, 0.5) is 5.95 Å². The lowest BCUT2D eigenvalue weighted by atomic mass is 10.1. The van der Waals surface area contributed by atoms with Gasteiger partial charge in [-0.2, -0.15) is 0 Å². The van der Waals surface area contributed by atoms with E-state index < -0.39 is 0 Å². The lowest BCUT2D eigenvalue weighted by Gasteiger charge is -2.36. The fraction of sp³-hybridized carbons (Fsp3) is 0.421. The van der Waals surface area contributed by atoms with Crippen LogP contribution in [-0.2, 0) is 17.9 Å². The molecule has 0 amide bonds. The van der Waals surface area contributed by atoms with Gasteiger partial charge in [0.2, 0.25) is 5.95 Å². The van der Waals surface area contributed by atoms with E-state index in [1.807, 2.05) is 19.2 Å². The van der Waals surface area contributed by atoms with Crippen molar-refractivity contribution < 1.29 is 4.74 Å². The van der Waals surface area contributed by atoms with Gasteiger partial charge in [0.25, 0.3) is 0 Å². The Kier molecular flexibility index (Phi) is 6.38. The number of hydrogen-bond acceptors (Lipinski definition) is 5. The molecular weight excluding hydrogens is 328 g/mol. The molecular formula is C19H26N6O. The van der Waals surface area contributed by atoms with Gasteiger partial charge in [-0.1, -0.05) is 24.3 Å². The molecule has 0 aliphatic carbocycles. The summed E-state index contributed by atoms with van der Waals surface area (Å²) in [6, 6.07) is 10.2. The molecule has 138 valence electrons. The highest BCUT2D eigenvalue weighted by Gasteiger charge is 2.21. The van der Waals surface area contributed by atoms with Gasteiger partial charge in [0.05, 0.1) is 6.61 Å². The first kappa shape index (κ1) is 18.1. The van der Waals surface area contributed by atoms with E-state index in [0.717, 1.165) is 44.6 Å². The average molecular weight is 354 g/mol. The van der Waals surface area contributed by atoms with Gasteiger partial charge in [0, 0.05) is 59.3 Å². The number of anilines is 1. The molecule has 1 aliphatic heterocycles. The number of ether oxygens (including phenoxy) is 1. The Morgan fingerprint density at radius 1 is 1.08 bits per heavy atom. The number of hydrogen-bond donors (Lipinski definition) is 1. The van der Waals surface area contributed by atoms with Crippen molar-refractivity contribution in [2.45, 2.75) is 13.2 Å². The maximum Gasteiger partial charge on any atom is 0.225 e. The molecule has 1 aliphatic rings. The van der Waals surface area contributed by atoms with Crippen LogP contribution in [0.3, 0.4) is 0 Å². The quantitative estimate of drug-likeness (QED) is 0.649. The van der Waals surface area contributed by atoms with Gasteiger partial charge in [-0.25, -0.2) is 9.97 Å². The Balaban J connectivity index is 1.56. The van der Waals surface area contributed by atoms with Crippen LogP contribution in [0.1, 0.15) is 11.1 Å². The standard InChI is InChI=1S/C19H26N6O/c1-20-18(23-14-16-6-3-4-7-17(16)15-26-2)24-10-12-25(13-11-24)19-21-8-5-9-22-19/h3-9H,10-15H2,1-2H3,(H,20,23). The van der Waals surface area contributed by atoms with E-state index >= 15 is 0 Å². The number of guanidine groups is 1. The second-order valence-electron chi connectivity index (χ2n) is 6.13. The second-order valence-corrected chi connectivity index (χ2v) is 6.13. The molecule has 0 saturated carbocycles. The highest BCUT2D eigenvalue weighted by molar-refractivity contribution is 5.80. The molecule has 0 spiro atoms. The molecule has 1 fully saturated rings. The van der Waals surface area contributed by atoms with E-state index in [1.165, 1.54) is 11.1 Å². The van der Waals surface area contributed by atoms with Crippen LogP contribution < -0.4 is 10.2 Å². The second kappa shape index (κ2) is 9.15. The third kappa shape index (κ3) is 4.49. The van der Waals surface area contributed by atoms with Gasteiger partial charge in [-0.3, -0.25) is 4.99 Å². The predicted molar refractivity (Wildman–Crippen MR) is 103 cm³/mol. The molecule has 0 unspecified atom stereocenters. The maximum atomic E-state index is 5.29. The molecule has 7 nitrogen and oxygen atoms in total. The van der Waals surface area contributed by atoms with Crippen molar-refractivity contribution in [3.05, 3.63) is 53.9 Å². The van der Waals surface area contributed by atoms with Crippen LogP contribution in [0.25, 0.3) is 0 Å². The Morgan fingerprint density at radius 2 is 1.77 bits per heavy atom. The van der Waals surface area contributed by atoms with Crippen LogP contribution in [0, 0.1) is 0 Å². The summed E-state index contributed by atoms with van der Waals surface area (Å²) in [6.07, 6.45) is 3.57. The van der Waals surface area contributed by atoms with Crippen LogP contribution in [0.15, 0.2) is 47.7 Å². The summed E-state index contributed by atoms with van der Waals surface area (Å²) in [7, 11) is 3.55. The molecule has 1 N–H and O–H groups in total. The summed E-state index contributed by atoms with van der Waals surface area (Å²) in [5.41, 5.74) is 2.43. The van der Waals surface area contributed by atoms with Crippen molar-refractivity contribution in [1.82, 2.24) is 20.2 Å². The summed E-state index contributed by atoms with van der Waals surface area (Å²) in [5, 5.41) is 3.48. The van der Waals surface area contributed by atoms with Crippen LogP contribution in [0.2, 0.25) is 0 Å². The minimum absolute atomic E-state index is 0.617. The minimum atomic E-state index is 0.617. The number of rotatable bonds is 5. The average Bonchev–Trinajstić information content (AvgIpc) is 2.71. The largest absolute Gasteiger partial charge is 0.380 e. The number of nitrogens with zero attached hydrogens (tertiary/aromatic N) is 5. The Hall–Kier alpha value is -2.67. The molecule has 1 aromatic heterocycles. The molecule has 26 heavy (non-hydrogen) atoms. The summed E-state index contributed by atoms with van der Waals surface area (Å²) < 4.78 is 5.29. The first-order valence-electron chi connectivity index (χ1n) is 8.85. The van der Waals surface area contributed by atoms with E-state index in [4.69, 9.17) is 4.74 Å². The Bertz CT molecular complexity index is 713. The summed E-state index contributed by atoms with van der Waals surface area (Å²) >= 11 is 0. The molecule has 0 atom stereocenters. The molecule has 0 bridgehead atoms. The van der Waals surface area contributed by atoms with Crippen molar-refractivity contribution in [2.24, 2.45) is 4.99 Å². The predicted octanol–water partition coefficient (Wildman–Crippen LogP) is 1.52. The summed E-state index contributed by atoms with van der Waals surface area (Å²) in [5.74, 6) is 1.72. The SMILES string of the molecule is CN=C(NCc1ccccc1COC)N1CCN(c2ncccn2)CC1. The molecule has 1 saturated heterocycles. The smallest absolute Gasteiger partial charge is 0.225 e. The normalized spacial score (nSPS) is 15.2. The van der Waals surface area contributed by atoms with E-state index in [1.54, 1.807) is 19.5 Å². The molecule has 2 aromatic rings. The van der Waals surface area contributed by atoms with Crippen molar-refractivity contribution in [3.8, 4) is 0 Å². The summed E-state index contributed by atoms with van der Waals surface area (Å²) in [4.78, 5) is 17.6. The van der Waals surface area contributed by atoms with Crippen molar-refractivity contribution in [2.75, 3.05) is 45.2 Å². The minimum Gasteiger partial charge on any atom is -0.380 e. The van der Waals surface area contributed by atoms with Crippen LogP contribution >= 0.6 is 0 Å². The molecule has 2 heterocycles. The zero-order valence-corrected chi connectivity index (χ0v) is 15.4. The fourth-order valence-electron chi connectivity index (χ4n) is 3.11. The molecule has 0 radical (unpaired) electrons. The number of aromatic nitrogens is 2. The van der Waals surface area contributed by atoms with E-state index in [2.05, 4.69) is 48.3 Å². The van der Waals surface area contributed by atoms with Crippen LogP contribution in [0.5, 0.6) is 0 Å². The van der Waals surface area contributed by atoms with Gasteiger partial charge < -0.3 is 19.9 Å². The Morgan fingerprint density at radius 3 is 2.42 bits per heavy atom. The molecule has 1 aromatic carbocycles. The zero-order chi connectivity index (χ0) is 18.2. The van der Waals surface area contributed by atoms with E-state index in [0.29, 0.717) is 6.61 Å². The highest BCUT2D eigenvalue weighted by atomic mass is 16.5. The lowest BCUT2D eigenvalue weighted by molar-refractivity contribution is 0.184. The third-order valence-corrected chi connectivity index (χ3v) is 4.48. The van der Waals surface area contributed by atoms with Crippen LogP contribution in [-0.4, -0.2) is 61.2 Å². The van der Waals surface area contributed by atoms with Crippen molar-refractivity contribution in [3.63, 3.8) is 0 Å². The number of aliphatic imine (C=N–C) groups is 1. The Labute approximate surface area is 154 Å². The summed E-state index contributed by atoms with van der Waals surface area (Å²) in [6.45, 7) is 4.88. The first-order valence-corrected chi connectivity index (χ1v) is 8.85. The zero-order valence-electron chi connectivity index (χ0n) is 15.4. The van der Waals surface area contributed by atoms with Gasteiger partial charge in [-0.05, 0) is 17.2 Å². The number of nitrogens with one attached hydrogen (secondary N) is 1. The van der Waals surface area contributed by atoms with Gasteiger partial charge in [0.15, 0.2) is 5.96 Å². The topological polar surface area (TPSA) is 65.9 Å². The van der Waals surface area contributed by atoms with Gasteiger partial charge in [-0.15, -0.1) is 0 Å².